The second-order valence-corrected chi connectivity index (χ2v) is 5.75. The Morgan fingerprint density at radius 2 is 1.91 bits per heavy atom. The molecule has 2 heterocycles. The molecule has 0 amide bonds. The molecule has 4 aromatic rings. The van der Waals surface area contributed by atoms with Crippen LogP contribution in [0, 0.1) is 0 Å². The smallest absolute Gasteiger partial charge is 0.0457 e. The molecule has 108 valence electrons. The minimum absolute atomic E-state index is 0.899. The predicted molar refractivity (Wildman–Crippen MR) is 93.3 cm³/mol. The molecule has 0 aliphatic heterocycles. The summed E-state index contributed by atoms with van der Waals surface area (Å²) in [4.78, 5) is 6.83. The van der Waals surface area contributed by atoms with E-state index >= 15 is 0 Å². The number of aromatic nitrogens is 2. The van der Waals surface area contributed by atoms with Gasteiger partial charge in [-0.05, 0) is 47.2 Å². The standard InChI is InChI=1S/C20H18N2/c1-2-5-16-13-21-20-9-8-14(11-18(16)20)10-17-12-15-6-3-4-7-19(15)22-17/h2-4,6-9,11-13,21-22H,1,5,10H2. The number of fused-ring (bicyclic) bond motifs is 2. The lowest BCUT2D eigenvalue weighted by Crippen LogP contribution is -1.88. The van der Waals surface area contributed by atoms with Gasteiger partial charge in [0.2, 0.25) is 0 Å². The predicted octanol–water partition coefficient (Wildman–Crippen LogP) is 4.97. The van der Waals surface area contributed by atoms with E-state index in [1.165, 1.54) is 38.6 Å². The van der Waals surface area contributed by atoms with E-state index in [0.717, 1.165) is 12.8 Å². The lowest BCUT2D eigenvalue weighted by Gasteiger charge is -2.01. The van der Waals surface area contributed by atoms with E-state index in [0.29, 0.717) is 0 Å². The highest BCUT2D eigenvalue weighted by Gasteiger charge is 2.06. The van der Waals surface area contributed by atoms with Gasteiger partial charge in [-0.15, -0.1) is 6.58 Å². The Kier molecular flexibility index (Phi) is 3.08. The van der Waals surface area contributed by atoms with Gasteiger partial charge >= 0.3 is 0 Å². The van der Waals surface area contributed by atoms with E-state index in [2.05, 4.69) is 71.3 Å². The summed E-state index contributed by atoms with van der Waals surface area (Å²) in [5.74, 6) is 0. The molecule has 4 rings (SSSR count). The lowest BCUT2D eigenvalue weighted by molar-refractivity contribution is 1.12. The van der Waals surface area contributed by atoms with Gasteiger partial charge in [0.05, 0.1) is 0 Å². The number of aromatic amines is 2. The topological polar surface area (TPSA) is 31.6 Å². The van der Waals surface area contributed by atoms with Crippen molar-refractivity contribution in [2.45, 2.75) is 12.8 Å². The first-order valence-electron chi connectivity index (χ1n) is 7.60. The molecule has 0 spiro atoms. The van der Waals surface area contributed by atoms with Crippen molar-refractivity contribution in [2.24, 2.45) is 0 Å². The van der Waals surface area contributed by atoms with E-state index < -0.39 is 0 Å². The van der Waals surface area contributed by atoms with Crippen LogP contribution in [0.2, 0.25) is 0 Å². The summed E-state index contributed by atoms with van der Waals surface area (Å²) in [7, 11) is 0. The van der Waals surface area contributed by atoms with Gasteiger partial charge in [-0.1, -0.05) is 30.3 Å². The number of hydrogen-bond acceptors (Lipinski definition) is 0. The Balaban J connectivity index is 1.71. The summed E-state index contributed by atoms with van der Waals surface area (Å²) in [6, 6.07) is 17.3. The Hall–Kier alpha value is -2.74. The molecule has 2 N–H and O–H groups in total. The molecule has 0 aliphatic rings. The number of benzene rings is 2. The van der Waals surface area contributed by atoms with Gasteiger partial charge in [0.25, 0.3) is 0 Å². The largest absolute Gasteiger partial charge is 0.361 e. The average Bonchev–Trinajstić information content (AvgIpc) is 3.11. The van der Waals surface area contributed by atoms with Crippen LogP contribution in [0.3, 0.4) is 0 Å². The van der Waals surface area contributed by atoms with Crippen LogP contribution in [-0.2, 0) is 12.8 Å². The summed E-state index contributed by atoms with van der Waals surface area (Å²) >= 11 is 0. The van der Waals surface area contributed by atoms with Gasteiger partial charge in [-0.3, -0.25) is 0 Å². The second kappa shape index (κ2) is 5.23. The van der Waals surface area contributed by atoms with E-state index in [1.54, 1.807) is 0 Å². The third kappa shape index (κ3) is 2.23. The van der Waals surface area contributed by atoms with Crippen LogP contribution in [0.25, 0.3) is 21.8 Å². The maximum Gasteiger partial charge on any atom is 0.0457 e. The van der Waals surface area contributed by atoms with Crippen molar-refractivity contribution >= 4 is 21.8 Å². The first-order valence-corrected chi connectivity index (χ1v) is 7.60. The highest BCUT2D eigenvalue weighted by Crippen LogP contribution is 2.23. The molecule has 0 fully saturated rings. The molecule has 22 heavy (non-hydrogen) atoms. The van der Waals surface area contributed by atoms with E-state index in [-0.39, 0.29) is 0 Å². The molecule has 0 radical (unpaired) electrons. The number of allylic oxidation sites excluding steroid dienone is 1. The molecule has 2 nitrogen and oxygen atoms in total. The van der Waals surface area contributed by atoms with Crippen molar-refractivity contribution in [1.82, 2.24) is 9.97 Å². The summed E-state index contributed by atoms with van der Waals surface area (Å²) in [5.41, 5.74) is 6.28. The second-order valence-electron chi connectivity index (χ2n) is 5.75. The molecule has 0 aliphatic carbocycles. The van der Waals surface area contributed by atoms with Gasteiger partial charge in [0.15, 0.2) is 0 Å². The molecule has 2 aromatic heterocycles. The summed E-state index contributed by atoms with van der Waals surface area (Å²) in [6.45, 7) is 3.84. The monoisotopic (exact) mass is 286 g/mol. The number of hydrogen-bond donors (Lipinski definition) is 2. The van der Waals surface area contributed by atoms with Crippen molar-refractivity contribution in [3.8, 4) is 0 Å². The fourth-order valence-electron chi connectivity index (χ4n) is 3.11. The van der Waals surface area contributed by atoms with Gasteiger partial charge in [-0.25, -0.2) is 0 Å². The molecule has 0 atom stereocenters. The SMILES string of the molecule is C=CCc1c[nH]c2ccc(Cc3cc4ccccc4[nH]3)cc12. The minimum atomic E-state index is 0.899. The molecule has 0 saturated carbocycles. The number of nitrogens with one attached hydrogen (secondary N) is 2. The third-order valence-corrected chi connectivity index (χ3v) is 4.18. The molecule has 2 aromatic carbocycles. The molecule has 2 heteroatoms. The van der Waals surface area contributed by atoms with E-state index in [1.807, 2.05) is 6.08 Å². The van der Waals surface area contributed by atoms with Crippen molar-refractivity contribution in [3.63, 3.8) is 0 Å². The van der Waals surface area contributed by atoms with E-state index in [4.69, 9.17) is 0 Å². The highest BCUT2D eigenvalue weighted by atomic mass is 14.7. The van der Waals surface area contributed by atoms with Crippen LogP contribution in [0.15, 0.2) is 67.4 Å². The van der Waals surface area contributed by atoms with Gasteiger partial charge in [0, 0.05) is 34.7 Å². The first kappa shape index (κ1) is 13.0. The molecular formula is C20H18N2. The third-order valence-electron chi connectivity index (χ3n) is 4.18. The fourth-order valence-corrected chi connectivity index (χ4v) is 3.11. The van der Waals surface area contributed by atoms with Gasteiger partial charge in [0.1, 0.15) is 0 Å². The normalized spacial score (nSPS) is 11.3. The highest BCUT2D eigenvalue weighted by molar-refractivity contribution is 5.84. The van der Waals surface area contributed by atoms with Crippen molar-refractivity contribution in [1.29, 1.82) is 0 Å². The zero-order valence-corrected chi connectivity index (χ0v) is 12.4. The quantitative estimate of drug-likeness (QED) is 0.496. The summed E-state index contributed by atoms with van der Waals surface area (Å²) in [5, 5.41) is 2.57. The maximum absolute atomic E-state index is 3.84. The zero-order chi connectivity index (χ0) is 14.9. The van der Waals surface area contributed by atoms with Gasteiger partial charge in [-0.2, -0.15) is 0 Å². The fraction of sp³-hybridized carbons (Fsp3) is 0.100. The number of H-pyrrole nitrogens is 2. The summed E-state index contributed by atoms with van der Waals surface area (Å²) in [6.07, 6.45) is 5.85. The van der Waals surface area contributed by atoms with Gasteiger partial charge < -0.3 is 9.97 Å². The van der Waals surface area contributed by atoms with Crippen LogP contribution in [0.5, 0.6) is 0 Å². The van der Waals surface area contributed by atoms with Crippen LogP contribution >= 0.6 is 0 Å². The van der Waals surface area contributed by atoms with Crippen molar-refractivity contribution < 1.29 is 0 Å². The number of rotatable bonds is 4. The van der Waals surface area contributed by atoms with E-state index in [9.17, 15) is 0 Å². The Morgan fingerprint density at radius 3 is 2.77 bits per heavy atom. The van der Waals surface area contributed by atoms with Crippen LogP contribution in [0.4, 0.5) is 0 Å². The zero-order valence-electron chi connectivity index (χ0n) is 12.4. The molecular weight excluding hydrogens is 268 g/mol. The molecule has 0 saturated heterocycles. The van der Waals surface area contributed by atoms with Crippen LogP contribution in [0.1, 0.15) is 16.8 Å². The average molecular weight is 286 g/mol. The molecule has 0 unspecified atom stereocenters. The van der Waals surface area contributed by atoms with Crippen molar-refractivity contribution in [3.05, 3.63) is 84.2 Å². The Bertz CT molecular complexity index is 923. The Labute approximate surface area is 129 Å². The Morgan fingerprint density at radius 1 is 1.00 bits per heavy atom. The maximum atomic E-state index is 3.84. The lowest BCUT2D eigenvalue weighted by atomic mass is 10.0. The van der Waals surface area contributed by atoms with Crippen molar-refractivity contribution in [2.75, 3.05) is 0 Å². The molecule has 0 bridgehead atoms. The number of para-hydroxylation sites is 1. The first-order chi connectivity index (χ1) is 10.8. The van der Waals surface area contributed by atoms with Crippen LogP contribution < -0.4 is 0 Å². The van der Waals surface area contributed by atoms with Crippen LogP contribution in [-0.4, -0.2) is 9.97 Å². The minimum Gasteiger partial charge on any atom is -0.361 e. The summed E-state index contributed by atoms with van der Waals surface area (Å²) < 4.78 is 0.